The van der Waals surface area contributed by atoms with Gasteiger partial charge in [-0.3, -0.25) is 0 Å². The van der Waals surface area contributed by atoms with Crippen molar-refractivity contribution in [3.63, 3.8) is 0 Å². The predicted molar refractivity (Wildman–Crippen MR) is 63.2 cm³/mol. The zero-order valence-electron chi connectivity index (χ0n) is 11.0. The molecule has 0 spiro atoms. The monoisotopic (exact) mass is 273 g/mol. The van der Waals surface area contributed by atoms with Gasteiger partial charge in [0, 0.05) is 5.41 Å². The Hall–Kier alpha value is -1.46. The van der Waals surface area contributed by atoms with Crippen LogP contribution >= 0.6 is 0 Å². The molecular formula is C13H17F2NO3. The second kappa shape index (κ2) is 5.27. The van der Waals surface area contributed by atoms with Crippen molar-refractivity contribution in [2.75, 3.05) is 6.61 Å². The summed E-state index contributed by atoms with van der Waals surface area (Å²) in [6.07, 6.45) is 0.841. The highest BCUT2D eigenvalue weighted by atomic mass is 19.3. The summed E-state index contributed by atoms with van der Waals surface area (Å²) in [7, 11) is 0. The number of esters is 1. The molecule has 1 aliphatic carbocycles. The molecule has 0 amide bonds. The molecule has 6 heteroatoms. The summed E-state index contributed by atoms with van der Waals surface area (Å²) in [5, 5.41) is 0. The summed E-state index contributed by atoms with van der Waals surface area (Å²) in [6.45, 7) is 3.64. The number of ether oxygens (including phenoxy) is 1. The third-order valence-corrected chi connectivity index (χ3v) is 3.54. The van der Waals surface area contributed by atoms with Crippen LogP contribution in [0.25, 0.3) is 0 Å². The third kappa shape index (κ3) is 2.62. The maximum atomic E-state index is 12.9. The van der Waals surface area contributed by atoms with Crippen LogP contribution in [0.1, 0.15) is 68.1 Å². The van der Waals surface area contributed by atoms with Crippen LogP contribution in [0.3, 0.4) is 0 Å². The Morgan fingerprint density at radius 2 is 2.11 bits per heavy atom. The molecule has 0 aliphatic heterocycles. The number of oxazole rings is 1. The molecule has 0 unspecified atom stereocenters. The van der Waals surface area contributed by atoms with Gasteiger partial charge in [0.2, 0.25) is 11.7 Å². The van der Waals surface area contributed by atoms with E-state index in [9.17, 15) is 13.6 Å². The molecule has 0 bridgehead atoms. The van der Waals surface area contributed by atoms with Crippen LogP contribution in [0, 0.1) is 0 Å². The van der Waals surface area contributed by atoms with E-state index in [2.05, 4.69) is 4.98 Å². The first-order chi connectivity index (χ1) is 8.98. The molecule has 1 aromatic heterocycles. The molecule has 19 heavy (non-hydrogen) atoms. The van der Waals surface area contributed by atoms with Crippen LogP contribution in [0.15, 0.2) is 4.42 Å². The van der Waals surface area contributed by atoms with Crippen molar-refractivity contribution in [3.05, 3.63) is 17.3 Å². The molecule has 0 aromatic carbocycles. The molecular weight excluding hydrogens is 256 g/mol. The quantitative estimate of drug-likeness (QED) is 0.786. The van der Waals surface area contributed by atoms with Gasteiger partial charge in [-0.1, -0.05) is 19.8 Å². The number of halogens is 2. The van der Waals surface area contributed by atoms with Crippen LogP contribution in [-0.4, -0.2) is 17.6 Å². The Labute approximate surface area is 110 Å². The summed E-state index contributed by atoms with van der Waals surface area (Å²) in [4.78, 5) is 15.5. The first kappa shape index (κ1) is 14.0. The number of alkyl halides is 2. The minimum atomic E-state index is -2.85. The summed E-state index contributed by atoms with van der Waals surface area (Å²) in [6, 6.07) is 0. The fourth-order valence-electron chi connectivity index (χ4n) is 2.45. The van der Waals surface area contributed by atoms with Crippen molar-refractivity contribution in [2.45, 2.75) is 51.4 Å². The van der Waals surface area contributed by atoms with E-state index < -0.39 is 23.8 Å². The van der Waals surface area contributed by atoms with E-state index in [0.717, 1.165) is 25.7 Å². The fourth-order valence-corrected chi connectivity index (χ4v) is 2.45. The first-order valence-electron chi connectivity index (χ1n) is 6.44. The van der Waals surface area contributed by atoms with Gasteiger partial charge in [0.1, 0.15) is 0 Å². The van der Waals surface area contributed by atoms with E-state index in [1.165, 1.54) is 0 Å². The molecule has 1 aromatic rings. The zero-order valence-corrected chi connectivity index (χ0v) is 11.0. The minimum absolute atomic E-state index is 0.106. The van der Waals surface area contributed by atoms with Gasteiger partial charge in [-0.05, 0) is 19.8 Å². The highest BCUT2D eigenvalue weighted by molar-refractivity contribution is 5.87. The molecule has 0 saturated heterocycles. The largest absolute Gasteiger partial charge is 0.460 e. The predicted octanol–water partition coefficient (Wildman–Crippen LogP) is 3.62. The highest BCUT2D eigenvalue weighted by Crippen LogP contribution is 2.41. The Morgan fingerprint density at radius 1 is 1.47 bits per heavy atom. The highest BCUT2D eigenvalue weighted by Gasteiger charge is 2.38. The third-order valence-electron chi connectivity index (χ3n) is 3.54. The molecule has 1 fully saturated rings. The Balaban J connectivity index is 2.37. The van der Waals surface area contributed by atoms with Gasteiger partial charge in [0.05, 0.1) is 6.61 Å². The van der Waals surface area contributed by atoms with Crippen LogP contribution in [0.5, 0.6) is 0 Å². The number of carbonyl (C=O) groups excluding carboxylic acids is 1. The Kier molecular flexibility index (Phi) is 3.87. The van der Waals surface area contributed by atoms with Crippen LogP contribution in [0.4, 0.5) is 8.78 Å². The average molecular weight is 273 g/mol. The molecule has 0 N–H and O–H groups in total. The summed E-state index contributed by atoms with van der Waals surface area (Å²) >= 11 is 0. The number of hydrogen-bond acceptors (Lipinski definition) is 4. The number of hydrogen-bond donors (Lipinski definition) is 0. The van der Waals surface area contributed by atoms with Crippen molar-refractivity contribution in [1.29, 1.82) is 0 Å². The minimum Gasteiger partial charge on any atom is -0.460 e. The van der Waals surface area contributed by atoms with Crippen molar-refractivity contribution in [2.24, 2.45) is 0 Å². The SMILES string of the molecule is CCOC(=O)c1oc(C2(C)CCCC2)nc1C(F)F. The Morgan fingerprint density at radius 3 is 2.63 bits per heavy atom. The van der Waals surface area contributed by atoms with Crippen molar-refractivity contribution in [3.8, 4) is 0 Å². The molecule has 106 valence electrons. The number of rotatable bonds is 4. The molecule has 1 aliphatic rings. The van der Waals surface area contributed by atoms with E-state index in [0.29, 0.717) is 0 Å². The zero-order chi connectivity index (χ0) is 14.0. The van der Waals surface area contributed by atoms with Gasteiger partial charge in [-0.15, -0.1) is 0 Å². The molecule has 4 nitrogen and oxygen atoms in total. The van der Waals surface area contributed by atoms with Crippen molar-refractivity contribution >= 4 is 5.97 Å². The van der Waals surface area contributed by atoms with Gasteiger partial charge >= 0.3 is 5.97 Å². The number of nitrogens with zero attached hydrogens (tertiary/aromatic N) is 1. The first-order valence-corrected chi connectivity index (χ1v) is 6.44. The Bertz CT molecular complexity index is 464. The van der Waals surface area contributed by atoms with Crippen LogP contribution < -0.4 is 0 Å². The maximum Gasteiger partial charge on any atom is 0.376 e. The lowest BCUT2D eigenvalue weighted by atomic mass is 9.89. The smallest absolute Gasteiger partial charge is 0.376 e. The molecule has 2 rings (SSSR count). The van der Waals surface area contributed by atoms with Crippen LogP contribution in [-0.2, 0) is 10.2 Å². The van der Waals surface area contributed by atoms with Gasteiger partial charge in [0.25, 0.3) is 6.43 Å². The second-order valence-corrected chi connectivity index (χ2v) is 5.02. The van der Waals surface area contributed by atoms with E-state index in [1.54, 1.807) is 6.92 Å². The number of aromatic nitrogens is 1. The number of carbonyl (C=O) groups is 1. The van der Waals surface area contributed by atoms with Crippen molar-refractivity contribution in [1.82, 2.24) is 4.98 Å². The molecule has 0 radical (unpaired) electrons. The summed E-state index contributed by atoms with van der Waals surface area (Å²) in [5.74, 6) is -1.11. The van der Waals surface area contributed by atoms with E-state index >= 15 is 0 Å². The van der Waals surface area contributed by atoms with Gasteiger partial charge in [-0.2, -0.15) is 0 Å². The maximum absolute atomic E-state index is 12.9. The lowest BCUT2D eigenvalue weighted by molar-refractivity contribution is 0.0472. The summed E-state index contributed by atoms with van der Waals surface area (Å²) in [5.41, 5.74) is -0.962. The normalized spacial score (nSPS) is 17.9. The van der Waals surface area contributed by atoms with E-state index in [-0.39, 0.29) is 17.9 Å². The van der Waals surface area contributed by atoms with E-state index in [4.69, 9.17) is 9.15 Å². The van der Waals surface area contributed by atoms with Gasteiger partial charge in [0.15, 0.2) is 5.69 Å². The molecule has 1 heterocycles. The van der Waals surface area contributed by atoms with Gasteiger partial charge < -0.3 is 9.15 Å². The van der Waals surface area contributed by atoms with Gasteiger partial charge in [-0.25, -0.2) is 18.6 Å². The topological polar surface area (TPSA) is 52.3 Å². The van der Waals surface area contributed by atoms with Crippen molar-refractivity contribution < 1.29 is 22.7 Å². The lowest BCUT2D eigenvalue weighted by Gasteiger charge is -2.18. The summed E-state index contributed by atoms with van der Waals surface area (Å²) < 4.78 is 35.9. The lowest BCUT2D eigenvalue weighted by Crippen LogP contribution is -2.17. The molecule has 1 saturated carbocycles. The average Bonchev–Trinajstić information content (AvgIpc) is 2.96. The second-order valence-electron chi connectivity index (χ2n) is 5.02. The molecule has 0 atom stereocenters. The fraction of sp³-hybridized carbons (Fsp3) is 0.692. The standard InChI is InChI=1S/C13H17F2NO3/c1-3-18-11(17)9-8(10(14)15)16-12(19-9)13(2)6-4-5-7-13/h10H,3-7H2,1-2H3. The van der Waals surface area contributed by atoms with E-state index in [1.807, 2.05) is 6.92 Å². The van der Waals surface area contributed by atoms with Crippen LogP contribution in [0.2, 0.25) is 0 Å².